The minimum atomic E-state index is -0.609. The van der Waals surface area contributed by atoms with Crippen molar-refractivity contribution in [2.24, 2.45) is 0 Å². The summed E-state index contributed by atoms with van der Waals surface area (Å²) in [4.78, 5) is 16.2. The maximum Gasteiger partial charge on any atom is 0.163 e. The number of Topliss-reactive ketones (excluding diaryl/α,β-unsaturated/α-hetero) is 1. The van der Waals surface area contributed by atoms with Crippen molar-refractivity contribution in [2.45, 2.75) is 13.0 Å². The van der Waals surface area contributed by atoms with E-state index in [4.69, 9.17) is 16.3 Å². The number of ketones is 1. The molecule has 0 spiro atoms. The van der Waals surface area contributed by atoms with E-state index in [-0.39, 0.29) is 12.4 Å². The zero-order valence-corrected chi connectivity index (χ0v) is 16.2. The first-order valence-corrected chi connectivity index (χ1v) is 9.54. The van der Waals surface area contributed by atoms with Crippen LogP contribution in [0.3, 0.4) is 0 Å². The van der Waals surface area contributed by atoms with Gasteiger partial charge in [0.25, 0.3) is 0 Å². The van der Waals surface area contributed by atoms with Gasteiger partial charge in [0.1, 0.15) is 18.5 Å². The molecule has 0 aliphatic carbocycles. The number of hydrogen-bond acceptors (Lipinski definition) is 5. The Morgan fingerprint density at radius 1 is 1.15 bits per heavy atom. The van der Waals surface area contributed by atoms with Crippen LogP contribution in [0.5, 0.6) is 5.75 Å². The predicted octanol–water partition coefficient (Wildman–Crippen LogP) is 3.10. The lowest BCUT2D eigenvalue weighted by molar-refractivity contribution is 0.0656. The Labute approximate surface area is 165 Å². The Morgan fingerprint density at radius 3 is 2.59 bits per heavy atom. The van der Waals surface area contributed by atoms with Gasteiger partial charge in [0, 0.05) is 43.4 Å². The summed E-state index contributed by atoms with van der Waals surface area (Å²) < 4.78 is 5.68. The first kappa shape index (κ1) is 19.7. The first-order chi connectivity index (χ1) is 13.0. The number of hydrogen-bond donors (Lipinski definition) is 1. The molecule has 5 nitrogen and oxygen atoms in total. The number of carbonyl (C=O) groups is 1. The molecule has 1 aliphatic heterocycles. The molecule has 3 rings (SSSR count). The van der Waals surface area contributed by atoms with Crippen molar-refractivity contribution in [1.82, 2.24) is 4.90 Å². The Bertz CT molecular complexity index is 776. The molecule has 0 aromatic heterocycles. The van der Waals surface area contributed by atoms with Gasteiger partial charge in [0.05, 0.1) is 5.56 Å². The zero-order chi connectivity index (χ0) is 19.2. The highest BCUT2D eigenvalue weighted by molar-refractivity contribution is 6.30. The lowest BCUT2D eigenvalue weighted by Gasteiger charge is -2.36. The number of aliphatic hydroxyl groups excluding tert-OH is 1. The van der Waals surface area contributed by atoms with Crippen molar-refractivity contribution in [3.63, 3.8) is 0 Å². The lowest BCUT2D eigenvalue weighted by atomic mass is 10.1. The first-order valence-electron chi connectivity index (χ1n) is 9.16. The number of ether oxygens (including phenoxy) is 1. The van der Waals surface area contributed by atoms with Gasteiger partial charge in [-0.15, -0.1) is 0 Å². The Kier molecular flexibility index (Phi) is 6.72. The minimum absolute atomic E-state index is 0.0442. The average molecular weight is 389 g/mol. The third-order valence-corrected chi connectivity index (χ3v) is 4.95. The number of piperazine rings is 1. The van der Waals surface area contributed by atoms with Crippen LogP contribution in [-0.2, 0) is 0 Å². The van der Waals surface area contributed by atoms with Gasteiger partial charge >= 0.3 is 0 Å². The SMILES string of the molecule is CC(=O)c1ccccc1OCC(O)CN1CCN(c2cccc(Cl)c2)CC1. The molecule has 1 aliphatic rings. The molecule has 1 unspecified atom stereocenters. The van der Waals surface area contributed by atoms with Crippen molar-refractivity contribution in [2.75, 3.05) is 44.2 Å². The van der Waals surface area contributed by atoms with Gasteiger partial charge in [-0.05, 0) is 37.3 Å². The number of aliphatic hydroxyl groups is 1. The third-order valence-electron chi connectivity index (χ3n) is 4.71. The molecule has 0 amide bonds. The van der Waals surface area contributed by atoms with E-state index >= 15 is 0 Å². The van der Waals surface area contributed by atoms with Crippen molar-refractivity contribution in [3.8, 4) is 5.75 Å². The fourth-order valence-corrected chi connectivity index (χ4v) is 3.47. The second-order valence-electron chi connectivity index (χ2n) is 6.78. The number of β-amino-alcohol motifs (C(OH)–C–C–N with tert-alkyl or cyclic N) is 1. The van der Waals surface area contributed by atoms with Crippen molar-refractivity contribution < 1.29 is 14.6 Å². The second-order valence-corrected chi connectivity index (χ2v) is 7.22. The van der Waals surface area contributed by atoms with Gasteiger partial charge in [0.2, 0.25) is 0 Å². The Balaban J connectivity index is 1.46. The fourth-order valence-electron chi connectivity index (χ4n) is 3.28. The summed E-state index contributed by atoms with van der Waals surface area (Å²) in [6, 6.07) is 15.0. The van der Waals surface area contributed by atoms with E-state index in [1.807, 2.05) is 24.3 Å². The van der Waals surface area contributed by atoms with E-state index < -0.39 is 6.10 Å². The van der Waals surface area contributed by atoms with Crippen molar-refractivity contribution in [1.29, 1.82) is 0 Å². The third kappa shape index (κ3) is 5.45. The topological polar surface area (TPSA) is 53.0 Å². The number of benzene rings is 2. The monoisotopic (exact) mass is 388 g/mol. The molecule has 1 N–H and O–H groups in total. The van der Waals surface area contributed by atoms with Crippen LogP contribution in [0.2, 0.25) is 5.02 Å². The molecule has 144 valence electrons. The fraction of sp³-hybridized carbons (Fsp3) is 0.381. The molecule has 2 aromatic rings. The maximum atomic E-state index is 11.6. The summed E-state index contributed by atoms with van der Waals surface area (Å²) in [7, 11) is 0. The van der Waals surface area contributed by atoms with Crippen LogP contribution in [0, 0.1) is 0 Å². The highest BCUT2D eigenvalue weighted by Gasteiger charge is 2.20. The molecule has 1 saturated heterocycles. The molecule has 6 heteroatoms. The molecular formula is C21H25ClN2O3. The number of halogens is 1. The standard InChI is InChI=1S/C21H25ClN2O3/c1-16(25)20-7-2-3-8-21(20)27-15-19(26)14-23-9-11-24(12-10-23)18-6-4-5-17(22)13-18/h2-8,13,19,26H,9-12,14-15H2,1H3. The van der Waals surface area contributed by atoms with E-state index in [2.05, 4.69) is 15.9 Å². The number of nitrogens with zero attached hydrogens (tertiary/aromatic N) is 2. The van der Waals surface area contributed by atoms with Crippen LogP contribution in [-0.4, -0.2) is 61.2 Å². The predicted molar refractivity (Wildman–Crippen MR) is 108 cm³/mol. The molecule has 0 bridgehead atoms. The summed E-state index contributed by atoms with van der Waals surface area (Å²) in [6.45, 7) is 5.74. The molecule has 0 radical (unpaired) electrons. The van der Waals surface area contributed by atoms with Crippen molar-refractivity contribution in [3.05, 3.63) is 59.1 Å². The summed E-state index contributed by atoms with van der Waals surface area (Å²) in [6.07, 6.45) is -0.609. The largest absolute Gasteiger partial charge is 0.490 e. The molecule has 27 heavy (non-hydrogen) atoms. The van der Waals surface area contributed by atoms with E-state index in [1.54, 1.807) is 18.2 Å². The van der Waals surface area contributed by atoms with Gasteiger partial charge in [-0.25, -0.2) is 0 Å². The maximum absolute atomic E-state index is 11.6. The van der Waals surface area contributed by atoms with Crippen LogP contribution in [0.4, 0.5) is 5.69 Å². The molecule has 0 saturated carbocycles. The molecule has 1 fully saturated rings. The number of rotatable bonds is 7. The van der Waals surface area contributed by atoms with Gasteiger partial charge in [-0.2, -0.15) is 0 Å². The molecule has 2 aromatic carbocycles. The minimum Gasteiger partial charge on any atom is -0.490 e. The molecular weight excluding hydrogens is 364 g/mol. The van der Waals surface area contributed by atoms with Gasteiger partial charge in [0.15, 0.2) is 5.78 Å². The van der Waals surface area contributed by atoms with Crippen molar-refractivity contribution >= 4 is 23.1 Å². The van der Waals surface area contributed by atoms with Crippen LogP contribution in [0.15, 0.2) is 48.5 Å². The highest BCUT2D eigenvalue weighted by atomic mass is 35.5. The van der Waals surface area contributed by atoms with Crippen LogP contribution in [0.25, 0.3) is 0 Å². The smallest absolute Gasteiger partial charge is 0.163 e. The van der Waals surface area contributed by atoms with E-state index in [1.165, 1.54) is 6.92 Å². The Morgan fingerprint density at radius 2 is 1.89 bits per heavy atom. The summed E-state index contributed by atoms with van der Waals surface area (Å²) >= 11 is 6.07. The average Bonchev–Trinajstić information content (AvgIpc) is 2.67. The van der Waals surface area contributed by atoms with Gasteiger partial charge < -0.3 is 14.7 Å². The quantitative estimate of drug-likeness (QED) is 0.738. The zero-order valence-electron chi connectivity index (χ0n) is 15.5. The van der Waals surface area contributed by atoms with Gasteiger partial charge in [-0.3, -0.25) is 9.69 Å². The van der Waals surface area contributed by atoms with Crippen LogP contribution in [0.1, 0.15) is 17.3 Å². The second kappa shape index (κ2) is 9.22. The number of para-hydroxylation sites is 1. The summed E-state index contributed by atoms with van der Waals surface area (Å²) in [5, 5.41) is 11.1. The number of carbonyl (C=O) groups excluding carboxylic acids is 1. The molecule has 1 heterocycles. The molecule has 1 atom stereocenters. The normalized spacial score (nSPS) is 16.2. The van der Waals surface area contributed by atoms with E-state index in [9.17, 15) is 9.90 Å². The van der Waals surface area contributed by atoms with Crippen LogP contribution < -0.4 is 9.64 Å². The Hall–Kier alpha value is -2.08. The lowest BCUT2D eigenvalue weighted by Crippen LogP contribution is -2.49. The van der Waals surface area contributed by atoms with E-state index in [0.717, 1.165) is 36.9 Å². The van der Waals surface area contributed by atoms with E-state index in [0.29, 0.717) is 17.9 Å². The van der Waals surface area contributed by atoms with Crippen LogP contribution >= 0.6 is 11.6 Å². The highest BCUT2D eigenvalue weighted by Crippen LogP contribution is 2.21. The number of anilines is 1. The summed E-state index contributed by atoms with van der Waals surface area (Å²) in [5.41, 5.74) is 1.67. The summed E-state index contributed by atoms with van der Waals surface area (Å²) in [5.74, 6) is 0.479. The van der Waals surface area contributed by atoms with Gasteiger partial charge in [-0.1, -0.05) is 29.8 Å².